The first-order valence-corrected chi connectivity index (χ1v) is 8.27. The second-order valence-corrected chi connectivity index (χ2v) is 7.23. The normalized spacial score (nSPS) is 27.1. The maximum absolute atomic E-state index is 6.20. The van der Waals surface area contributed by atoms with Crippen LogP contribution in [0.3, 0.4) is 0 Å². The number of anilines is 1. The molecule has 1 aromatic carbocycles. The topological polar surface area (TPSA) is 15.3 Å². The van der Waals surface area contributed by atoms with E-state index in [2.05, 4.69) is 30.1 Å². The van der Waals surface area contributed by atoms with E-state index in [0.717, 1.165) is 19.0 Å². The van der Waals surface area contributed by atoms with E-state index >= 15 is 0 Å². The lowest BCUT2D eigenvalue weighted by Crippen LogP contribution is -2.59. The molecule has 110 valence electrons. The maximum atomic E-state index is 6.20. The fourth-order valence-electron chi connectivity index (χ4n) is 3.16. The molecule has 4 heteroatoms. The summed E-state index contributed by atoms with van der Waals surface area (Å²) in [6, 6.07) is 7.15. The van der Waals surface area contributed by atoms with Crippen molar-refractivity contribution in [3.63, 3.8) is 0 Å². The lowest BCUT2D eigenvalue weighted by Gasteiger charge is -2.44. The summed E-state index contributed by atoms with van der Waals surface area (Å²) >= 11 is 12.2. The highest BCUT2D eigenvalue weighted by atomic mass is 35.5. The molecule has 3 rings (SSSR count). The van der Waals surface area contributed by atoms with Gasteiger partial charge < -0.3 is 10.2 Å². The molecule has 1 aliphatic carbocycles. The van der Waals surface area contributed by atoms with Crippen LogP contribution in [0.2, 0.25) is 10.0 Å². The van der Waals surface area contributed by atoms with E-state index in [0.29, 0.717) is 28.0 Å². The Balaban J connectivity index is 1.85. The smallest absolute Gasteiger partial charge is 0.0612 e. The van der Waals surface area contributed by atoms with Gasteiger partial charge in [0.05, 0.1) is 10.0 Å². The third kappa shape index (κ3) is 2.93. The molecule has 2 aliphatic rings. The average molecular weight is 313 g/mol. The summed E-state index contributed by atoms with van der Waals surface area (Å²) in [5.74, 6) is 1.48. The quantitative estimate of drug-likeness (QED) is 0.899. The summed E-state index contributed by atoms with van der Waals surface area (Å²) in [4.78, 5) is 2.52. The Morgan fingerprint density at radius 3 is 2.55 bits per heavy atom. The number of piperazine rings is 1. The lowest BCUT2D eigenvalue weighted by atomic mass is 9.96. The SMILES string of the molecule is CC(C)C1CNC(C2CC2)CN1c1ccc(Cl)c(Cl)c1. The number of hydrogen-bond donors (Lipinski definition) is 1. The first kappa shape index (κ1) is 14.5. The zero-order valence-corrected chi connectivity index (χ0v) is 13.6. The minimum atomic E-state index is 0.516. The van der Waals surface area contributed by atoms with Crippen molar-refractivity contribution >= 4 is 28.9 Å². The maximum Gasteiger partial charge on any atom is 0.0612 e. The summed E-state index contributed by atoms with van der Waals surface area (Å²) < 4.78 is 0. The molecule has 0 aromatic heterocycles. The summed E-state index contributed by atoms with van der Waals surface area (Å²) in [7, 11) is 0. The number of hydrogen-bond acceptors (Lipinski definition) is 2. The van der Waals surface area contributed by atoms with Crippen LogP contribution in [0.5, 0.6) is 0 Å². The van der Waals surface area contributed by atoms with Gasteiger partial charge in [0, 0.05) is 30.9 Å². The summed E-state index contributed by atoms with van der Waals surface area (Å²) in [6.45, 7) is 6.70. The zero-order chi connectivity index (χ0) is 14.3. The molecule has 1 N–H and O–H groups in total. The molecular formula is C16H22Cl2N2. The van der Waals surface area contributed by atoms with E-state index in [-0.39, 0.29) is 0 Å². The van der Waals surface area contributed by atoms with Crippen LogP contribution in [0, 0.1) is 11.8 Å². The molecule has 2 atom stereocenters. The molecular weight excluding hydrogens is 291 g/mol. The Hall–Kier alpha value is -0.440. The largest absolute Gasteiger partial charge is 0.365 e. The molecule has 1 saturated heterocycles. The Morgan fingerprint density at radius 2 is 1.95 bits per heavy atom. The molecule has 1 aromatic rings. The minimum absolute atomic E-state index is 0.516. The molecule has 0 radical (unpaired) electrons. The van der Waals surface area contributed by atoms with Crippen LogP contribution in [0.4, 0.5) is 5.69 Å². The molecule has 0 bridgehead atoms. The number of nitrogens with one attached hydrogen (secondary N) is 1. The van der Waals surface area contributed by atoms with E-state index in [1.54, 1.807) is 0 Å². The molecule has 0 spiro atoms. The van der Waals surface area contributed by atoms with Crippen LogP contribution in [0.25, 0.3) is 0 Å². The molecule has 1 heterocycles. The first-order chi connectivity index (χ1) is 9.56. The number of rotatable bonds is 3. The van der Waals surface area contributed by atoms with Crippen LogP contribution in [0.15, 0.2) is 18.2 Å². The summed E-state index contributed by atoms with van der Waals surface area (Å²) in [5.41, 5.74) is 1.20. The Bertz CT molecular complexity index is 485. The predicted molar refractivity (Wildman–Crippen MR) is 86.9 cm³/mol. The van der Waals surface area contributed by atoms with Crippen LogP contribution in [-0.4, -0.2) is 25.2 Å². The van der Waals surface area contributed by atoms with Gasteiger partial charge in [-0.05, 0) is 42.9 Å². The highest BCUT2D eigenvalue weighted by Crippen LogP contribution is 2.37. The van der Waals surface area contributed by atoms with Crippen LogP contribution >= 0.6 is 23.2 Å². The fourth-order valence-corrected chi connectivity index (χ4v) is 3.46. The zero-order valence-electron chi connectivity index (χ0n) is 12.1. The number of halogens is 2. The molecule has 2 nitrogen and oxygen atoms in total. The van der Waals surface area contributed by atoms with E-state index in [9.17, 15) is 0 Å². The Kier molecular flexibility index (Phi) is 4.16. The van der Waals surface area contributed by atoms with Gasteiger partial charge in [-0.3, -0.25) is 0 Å². The van der Waals surface area contributed by atoms with Gasteiger partial charge in [-0.2, -0.15) is 0 Å². The molecule has 2 fully saturated rings. The van der Waals surface area contributed by atoms with Crippen molar-refractivity contribution in [3.8, 4) is 0 Å². The van der Waals surface area contributed by atoms with Gasteiger partial charge in [-0.1, -0.05) is 37.0 Å². The van der Waals surface area contributed by atoms with Gasteiger partial charge in [-0.25, -0.2) is 0 Å². The molecule has 20 heavy (non-hydrogen) atoms. The van der Waals surface area contributed by atoms with Crippen molar-refractivity contribution in [1.82, 2.24) is 5.32 Å². The molecule has 0 amide bonds. The van der Waals surface area contributed by atoms with Gasteiger partial charge in [0.1, 0.15) is 0 Å². The highest BCUT2D eigenvalue weighted by Gasteiger charge is 2.38. The van der Waals surface area contributed by atoms with Crippen molar-refractivity contribution < 1.29 is 0 Å². The average Bonchev–Trinajstić information content (AvgIpc) is 3.25. The highest BCUT2D eigenvalue weighted by molar-refractivity contribution is 6.42. The number of nitrogens with zero attached hydrogens (tertiary/aromatic N) is 1. The van der Waals surface area contributed by atoms with Gasteiger partial charge >= 0.3 is 0 Å². The molecule has 1 aliphatic heterocycles. The monoisotopic (exact) mass is 312 g/mol. The van der Waals surface area contributed by atoms with Crippen molar-refractivity contribution in [3.05, 3.63) is 28.2 Å². The first-order valence-electron chi connectivity index (χ1n) is 7.51. The van der Waals surface area contributed by atoms with Crippen LogP contribution < -0.4 is 10.2 Å². The molecule has 1 saturated carbocycles. The van der Waals surface area contributed by atoms with Gasteiger partial charge in [-0.15, -0.1) is 0 Å². The van der Waals surface area contributed by atoms with E-state index in [1.165, 1.54) is 18.5 Å². The van der Waals surface area contributed by atoms with Crippen LogP contribution in [-0.2, 0) is 0 Å². The Morgan fingerprint density at radius 1 is 1.20 bits per heavy atom. The lowest BCUT2D eigenvalue weighted by molar-refractivity contribution is 0.320. The fraction of sp³-hybridized carbons (Fsp3) is 0.625. The number of benzene rings is 1. The van der Waals surface area contributed by atoms with Crippen molar-refractivity contribution in [2.75, 3.05) is 18.0 Å². The summed E-state index contributed by atoms with van der Waals surface area (Å²) in [6.07, 6.45) is 2.75. The van der Waals surface area contributed by atoms with Gasteiger partial charge in [0.2, 0.25) is 0 Å². The van der Waals surface area contributed by atoms with Crippen molar-refractivity contribution in [1.29, 1.82) is 0 Å². The second kappa shape index (κ2) is 5.75. The van der Waals surface area contributed by atoms with Crippen LogP contribution in [0.1, 0.15) is 26.7 Å². The third-order valence-corrected chi connectivity index (χ3v) is 5.32. The van der Waals surface area contributed by atoms with E-state index in [4.69, 9.17) is 23.2 Å². The van der Waals surface area contributed by atoms with Gasteiger partial charge in [0.25, 0.3) is 0 Å². The minimum Gasteiger partial charge on any atom is -0.365 e. The summed E-state index contributed by atoms with van der Waals surface area (Å²) in [5, 5.41) is 5.01. The standard InChI is InChI=1S/C16H22Cl2N2/c1-10(2)16-8-19-15(11-3-4-11)9-20(16)12-5-6-13(17)14(18)7-12/h5-7,10-11,15-16,19H,3-4,8-9H2,1-2H3. The second-order valence-electron chi connectivity index (χ2n) is 6.41. The predicted octanol–water partition coefficient (Wildman–Crippen LogP) is 4.21. The van der Waals surface area contributed by atoms with E-state index in [1.807, 2.05) is 12.1 Å². The van der Waals surface area contributed by atoms with E-state index < -0.39 is 0 Å². The van der Waals surface area contributed by atoms with Gasteiger partial charge in [0.15, 0.2) is 0 Å². The van der Waals surface area contributed by atoms with Crippen molar-refractivity contribution in [2.45, 2.75) is 38.8 Å². The Labute approximate surface area is 131 Å². The molecule has 2 unspecified atom stereocenters. The van der Waals surface area contributed by atoms with Crippen molar-refractivity contribution in [2.24, 2.45) is 11.8 Å². The third-order valence-electron chi connectivity index (χ3n) is 4.58.